The predicted molar refractivity (Wildman–Crippen MR) is 110 cm³/mol. The van der Waals surface area contributed by atoms with E-state index in [1.54, 1.807) is 0 Å². The van der Waals surface area contributed by atoms with Crippen molar-refractivity contribution in [3.05, 3.63) is 53.4 Å². The third-order valence-corrected chi connectivity index (χ3v) is 4.22. The molecule has 0 aliphatic carbocycles. The molecular formula is C21H32N4O3. The van der Waals surface area contributed by atoms with Crippen LogP contribution in [0.3, 0.4) is 0 Å². The summed E-state index contributed by atoms with van der Waals surface area (Å²) in [5.74, 6) is 1.64. The first-order valence-corrected chi connectivity index (χ1v) is 9.81. The van der Waals surface area contributed by atoms with E-state index in [4.69, 9.17) is 9.26 Å². The van der Waals surface area contributed by atoms with Gasteiger partial charge in [-0.1, -0.05) is 49.3 Å². The van der Waals surface area contributed by atoms with E-state index >= 15 is 0 Å². The van der Waals surface area contributed by atoms with Crippen molar-refractivity contribution in [2.45, 2.75) is 52.4 Å². The largest absolute Gasteiger partial charge is 0.389 e. The Morgan fingerprint density at radius 2 is 1.96 bits per heavy atom. The Hall–Kier alpha value is -2.38. The van der Waals surface area contributed by atoms with Crippen LogP contribution in [0.25, 0.3) is 0 Å². The quantitative estimate of drug-likeness (QED) is 0.428. The molecule has 0 fully saturated rings. The molecule has 2 unspecified atom stereocenters. The van der Waals surface area contributed by atoms with Gasteiger partial charge in [-0.3, -0.25) is 0 Å². The molecule has 1 heterocycles. The molecule has 7 heteroatoms. The molecule has 0 aliphatic rings. The average molecular weight is 389 g/mol. The molecule has 1 aromatic heterocycles. The van der Waals surface area contributed by atoms with Crippen molar-refractivity contribution in [3.8, 4) is 0 Å². The summed E-state index contributed by atoms with van der Waals surface area (Å²) in [6.07, 6.45) is -0.716. The number of rotatable bonds is 10. The number of guanidine groups is 1. The van der Waals surface area contributed by atoms with Crippen molar-refractivity contribution >= 4 is 5.96 Å². The Morgan fingerprint density at radius 3 is 2.61 bits per heavy atom. The minimum Gasteiger partial charge on any atom is -0.389 e. The molecule has 28 heavy (non-hydrogen) atoms. The van der Waals surface area contributed by atoms with Gasteiger partial charge in [-0.15, -0.1) is 0 Å². The fourth-order valence-electron chi connectivity index (χ4n) is 2.52. The second-order valence-corrected chi connectivity index (χ2v) is 6.99. The first kappa shape index (κ1) is 21.9. The summed E-state index contributed by atoms with van der Waals surface area (Å²) in [6.45, 7) is 9.78. The zero-order valence-electron chi connectivity index (χ0n) is 17.2. The van der Waals surface area contributed by atoms with Crippen molar-refractivity contribution in [3.63, 3.8) is 0 Å². The van der Waals surface area contributed by atoms with Crippen molar-refractivity contribution in [1.82, 2.24) is 15.8 Å². The van der Waals surface area contributed by atoms with Crippen molar-refractivity contribution in [1.29, 1.82) is 0 Å². The Kier molecular flexibility index (Phi) is 8.97. The molecule has 1 aromatic carbocycles. The van der Waals surface area contributed by atoms with E-state index < -0.39 is 6.10 Å². The lowest BCUT2D eigenvalue weighted by Crippen LogP contribution is -2.42. The van der Waals surface area contributed by atoms with Gasteiger partial charge in [0.25, 0.3) is 0 Å². The number of ether oxygens (including phenoxy) is 1. The van der Waals surface area contributed by atoms with Crippen LogP contribution in [0.4, 0.5) is 0 Å². The van der Waals surface area contributed by atoms with Gasteiger partial charge in [0.2, 0.25) is 0 Å². The van der Waals surface area contributed by atoms with Gasteiger partial charge in [-0.05, 0) is 25.3 Å². The summed E-state index contributed by atoms with van der Waals surface area (Å²) in [5.41, 5.74) is 2.01. The molecular weight excluding hydrogens is 356 g/mol. The molecule has 0 aliphatic heterocycles. The van der Waals surface area contributed by atoms with Crippen LogP contribution in [0.15, 0.2) is 45.9 Å². The molecule has 0 saturated heterocycles. The Labute approximate surface area is 167 Å². The van der Waals surface area contributed by atoms with Crippen LogP contribution in [-0.4, -0.2) is 42.0 Å². The van der Waals surface area contributed by atoms with E-state index in [0.29, 0.717) is 30.7 Å². The summed E-state index contributed by atoms with van der Waals surface area (Å²) in [4.78, 5) is 4.48. The maximum atomic E-state index is 10.2. The number of nitrogens with one attached hydrogen (secondary N) is 2. The van der Waals surface area contributed by atoms with Crippen molar-refractivity contribution < 1.29 is 14.4 Å². The standard InChI is InChI=1S/C21H32N4O3/c1-5-22-21(24-13-19-11-20(15(2)3)25-28-19)23-12-18(26)14-27-16(4)17-9-7-6-8-10-17/h6-11,15-16,18,26H,5,12-14H2,1-4H3,(H2,22,23,24). The lowest BCUT2D eigenvalue weighted by atomic mass is 10.1. The highest BCUT2D eigenvalue weighted by molar-refractivity contribution is 5.79. The van der Waals surface area contributed by atoms with Crippen molar-refractivity contribution in [2.24, 2.45) is 4.99 Å². The van der Waals surface area contributed by atoms with Gasteiger partial charge in [-0.25, -0.2) is 4.99 Å². The number of nitrogens with zero attached hydrogens (tertiary/aromatic N) is 2. The van der Waals surface area contributed by atoms with Crippen molar-refractivity contribution in [2.75, 3.05) is 19.7 Å². The molecule has 0 bridgehead atoms. The maximum Gasteiger partial charge on any atom is 0.191 e. The highest BCUT2D eigenvalue weighted by atomic mass is 16.5. The summed E-state index contributed by atoms with van der Waals surface area (Å²) in [6, 6.07) is 11.9. The highest BCUT2D eigenvalue weighted by Gasteiger charge is 2.11. The number of hydrogen-bond donors (Lipinski definition) is 3. The van der Waals surface area contributed by atoms with Gasteiger partial charge in [0, 0.05) is 19.2 Å². The second kappa shape index (κ2) is 11.5. The summed E-state index contributed by atoms with van der Waals surface area (Å²) in [7, 11) is 0. The molecule has 0 spiro atoms. The van der Waals surface area contributed by atoms with E-state index in [1.165, 1.54) is 0 Å². The summed E-state index contributed by atoms with van der Waals surface area (Å²) in [5, 5.41) is 20.5. The van der Waals surface area contributed by atoms with Crippen LogP contribution in [0.1, 0.15) is 56.7 Å². The van der Waals surface area contributed by atoms with Gasteiger partial charge in [0.05, 0.1) is 24.5 Å². The van der Waals surface area contributed by atoms with E-state index in [2.05, 4.69) is 34.6 Å². The maximum absolute atomic E-state index is 10.2. The third-order valence-electron chi connectivity index (χ3n) is 4.22. The molecule has 0 saturated carbocycles. The molecule has 2 atom stereocenters. The number of aliphatic hydroxyl groups excluding tert-OH is 1. The second-order valence-electron chi connectivity index (χ2n) is 6.99. The molecule has 154 valence electrons. The number of benzene rings is 1. The molecule has 2 aromatic rings. The minimum atomic E-state index is -0.646. The van der Waals surface area contributed by atoms with Gasteiger partial charge < -0.3 is 25.0 Å². The topological polar surface area (TPSA) is 91.9 Å². The van der Waals surface area contributed by atoms with E-state index in [-0.39, 0.29) is 12.7 Å². The van der Waals surface area contributed by atoms with Crippen LogP contribution < -0.4 is 10.6 Å². The highest BCUT2D eigenvalue weighted by Crippen LogP contribution is 2.16. The number of aliphatic hydroxyl groups is 1. The monoisotopic (exact) mass is 388 g/mol. The zero-order valence-corrected chi connectivity index (χ0v) is 17.2. The zero-order chi connectivity index (χ0) is 20.4. The van der Waals surface area contributed by atoms with Gasteiger partial charge >= 0.3 is 0 Å². The van der Waals surface area contributed by atoms with E-state index in [1.807, 2.05) is 50.2 Å². The van der Waals surface area contributed by atoms with Crippen LogP contribution in [0.5, 0.6) is 0 Å². The van der Waals surface area contributed by atoms with Crippen LogP contribution in [0.2, 0.25) is 0 Å². The number of hydrogen-bond acceptors (Lipinski definition) is 5. The molecule has 7 nitrogen and oxygen atoms in total. The first-order valence-electron chi connectivity index (χ1n) is 9.81. The Balaban J connectivity index is 1.79. The Morgan fingerprint density at radius 1 is 1.21 bits per heavy atom. The smallest absolute Gasteiger partial charge is 0.191 e. The first-order chi connectivity index (χ1) is 13.5. The molecule has 2 rings (SSSR count). The number of aromatic nitrogens is 1. The molecule has 0 radical (unpaired) electrons. The van der Waals surface area contributed by atoms with Gasteiger partial charge in [0.1, 0.15) is 6.54 Å². The lowest BCUT2D eigenvalue weighted by molar-refractivity contribution is -0.000600. The molecule has 0 amide bonds. The SMILES string of the molecule is CCNC(=NCc1cc(C(C)C)no1)NCC(O)COC(C)c1ccccc1. The third kappa shape index (κ3) is 7.32. The van der Waals surface area contributed by atoms with Crippen LogP contribution >= 0.6 is 0 Å². The number of aliphatic imine (C=N–C) groups is 1. The van der Waals surface area contributed by atoms with Gasteiger partial charge in [0.15, 0.2) is 11.7 Å². The van der Waals surface area contributed by atoms with E-state index in [0.717, 1.165) is 17.8 Å². The predicted octanol–water partition coefficient (Wildman–Crippen LogP) is 2.99. The van der Waals surface area contributed by atoms with E-state index in [9.17, 15) is 5.11 Å². The normalized spacial score (nSPS) is 14.1. The fraction of sp³-hybridized carbons (Fsp3) is 0.524. The fourth-order valence-corrected chi connectivity index (χ4v) is 2.52. The Bertz CT molecular complexity index is 715. The van der Waals surface area contributed by atoms with Gasteiger partial charge in [-0.2, -0.15) is 0 Å². The average Bonchev–Trinajstić information content (AvgIpc) is 3.18. The summed E-state index contributed by atoms with van der Waals surface area (Å²) >= 11 is 0. The lowest BCUT2D eigenvalue weighted by Gasteiger charge is -2.18. The minimum absolute atomic E-state index is 0.0700. The summed E-state index contributed by atoms with van der Waals surface area (Å²) < 4.78 is 11.1. The van der Waals surface area contributed by atoms with Crippen LogP contribution in [-0.2, 0) is 11.3 Å². The van der Waals surface area contributed by atoms with Crippen LogP contribution in [0, 0.1) is 0 Å². The molecule has 3 N–H and O–H groups in total.